The van der Waals surface area contributed by atoms with Crippen LogP contribution in [0.1, 0.15) is 30.1 Å². The number of amides is 2. The smallest absolute Gasteiger partial charge is 0.272 e. The summed E-state index contributed by atoms with van der Waals surface area (Å²) in [5, 5.41) is 0. The van der Waals surface area contributed by atoms with Gasteiger partial charge in [-0.1, -0.05) is 24.3 Å². The number of benzene rings is 2. The molecule has 2 amide bonds. The van der Waals surface area contributed by atoms with Crippen LogP contribution in [0.3, 0.4) is 0 Å². The Kier molecular flexibility index (Phi) is 7.42. The second-order valence-electron chi connectivity index (χ2n) is 5.31. The van der Waals surface area contributed by atoms with Crippen molar-refractivity contribution >= 4 is 11.8 Å². The molecule has 26 heavy (non-hydrogen) atoms. The molecule has 0 saturated heterocycles. The molecular formula is C19H21FN2O4. The Morgan fingerprint density at radius 1 is 0.962 bits per heavy atom. The topological polar surface area (TPSA) is 76.7 Å². The van der Waals surface area contributed by atoms with Crippen molar-refractivity contribution in [3.05, 3.63) is 59.9 Å². The van der Waals surface area contributed by atoms with Crippen LogP contribution in [0.4, 0.5) is 4.39 Å². The minimum Gasteiger partial charge on any atom is -0.490 e. The minimum absolute atomic E-state index is 0.135. The predicted molar refractivity (Wildman–Crippen MR) is 94.3 cm³/mol. The molecule has 2 aromatic carbocycles. The van der Waals surface area contributed by atoms with Crippen molar-refractivity contribution in [1.82, 2.24) is 10.9 Å². The molecule has 0 aliphatic carbocycles. The lowest BCUT2D eigenvalue weighted by Gasteiger charge is -2.11. The first kappa shape index (κ1) is 19.2. The molecule has 0 radical (unpaired) electrons. The number of nitrogens with one attached hydrogen (secondary N) is 2. The number of carbonyl (C=O) groups excluding carboxylic acids is 2. The lowest BCUT2D eigenvalue weighted by atomic mass is 10.2. The predicted octanol–water partition coefficient (Wildman–Crippen LogP) is 2.84. The highest BCUT2D eigenvalue weighted by molar-refractivity contribution is 5.95. The third kappa shape index (κ3) is 5.77. The van der Waals surface area contributed by atoms with Gasteiger partial charge in [0.05, 0.1) is 18.8 Å². The van der Waals surface area contributed by atoms with Crippen molar-refractivity contribution in [2.24, 2.45) is 0 Å². The average Bonchev–Trinajstić information content (AvgIpc) is 2.65. The molecule has 7 heteroatoms. The monoisotopic (exact) mass is 360 g/mol. The molecule has 0 aliphatic heterocycles. The van der Waals surface area contributed by atoms with E-state index in [0.717, 1.165) is 0 Å². The maximum atomic E-state index is 13.5. The summed E-state index contributed by atoms with van der Waals surface area (Å²) in [5.74, 6) is -0.491. The Bertz CT molecular complexity index is 752. The van der Waals surface area contributed by atoms with Gasteiger partial charge in [-0.05, 0) is 37.6 Å². The molecule has 0 heterocycles. The van der Waals surface area contributed by atoms with Gasteiger partial charge in [0.1, 0.15) is 5.82 Å². The second-order valence-corrected chi connectivity index (χ2v) is 5.31. The second kappa shape index (κ2) is 10.0. The molecule has 6 nitrogen and oxygen atoms in total. The van der Waals surface area contributed by atoms with Crippen molar-refractivity contribution < 1.29 is 23.5 Å². The van der Waals surface area contributed by atoms with Crippen molar-refractivity contribution in [1.29, 1.82) is 0 Å². The summed E-state index contributed by atoms with van der Waals surface area (Å²) in [6.45, 7) is 2.74. The molecular weight excluding hydrogens is 339 g/mol. The standard InChI is InChI=1S/C19H21FN2O4/c1-2-25-16-10-5-6-11-17(16)26-13-7-12-18(23)21-22-19(24)14-8-3-4-9-15(14)20/h3-6,8-11H,2,7,12-13H2,1H3,(H,21,23)(H,22,24). The van der Waals surface area contributed by atoms with Crippen molar-refractivity contribution in [2.75, 3.05) is 13.2 Å². The van der Waals surface area contributed by atoms with Crippen LogP contribution in [-0.2, 0) is 4.79 Å². The highest BCUT2D eigenvalue weighted by Gasteiger charge is 2.11. The average molecular weight is 360 g/mol. The van der Waals surface area contributed by atoms with Gasteiger partial charge in [-0.2, -0.15) is 0 Å². The summed E-state index contributed by atoms with van der Waals surface area (Å²) in [5.41, 5.74) is 4.30. The zero-order valence-electron chi connectivity index (χ0n) is 14.5. The van der Waals surface area contributed by atoms with Crippen molar-refractivity contribution in [2.45, 2.75) is 19.8 Å². The third-order valence-electron chi connectivity index (χ3n) is 3.39. The van der Waals surface area contributed by atoms with Gasteiger partial charge in [0.15, 0.2) is 11.5 Å². The number of carbonyl (C=O) groups is 2. The summed E-state index contributed by atoms with van der Waals surface area (Å²) >= 11 is 0. The van der Waals surface area contributed by atoms with Crippen molar-refractivity contribution in [3.8, 4) is 11.5 Å². The van der Waals surface area contributed by atoms with E-state index in [1.165, 1.54) is 24.3 Å². The number of halogens is 1. The van der Waals surface area contributed by atoms with Crippen LogP contribution in [0.15, 0.2) is 48.5 Å². The van der Waals surface area contributed by atoms with Gasteiger partial charge in [-0.25, -0.2) is 4.39 Å². The fourth-order valence-electron chi connectivity index (χ4n) is 2.16. The Balaban J connectivity index is 1.70. The van der Waals surface area contributed by atoms with Crippen LogP contribution in [-0.4, -0.2) is 25.0 Å². The zero-order chi connectivity index (χ0) is 18.8. The minimum atomic E-state index is -0.710. The number of para-hydroxylation sites is 2. The number of hydrazine groups is 1. The van der Waals surface area contributed by atoms with Crippen LogP contribution in [0, 0.1) is 5.82 Å². The van der Waals surface area contributed by atoms with E-state index in [4.69, 9.17) is 9.47 Å². The molecule has 138 valence electrons. The molecule has 0 aromatic heterocycles. The highest BCUT2D eigenvalue weighted by Crippen LogP contribution is 2.26. The summed E-state index contributed by atoms with van der Waals surface area (Å²) < 4.78 is 24.5. The molecule has 0 saturated carbocycles. The molecule has 0 aliphatic rings. The lowest BCUT2D eigenvalue weighted by Crippen LogP contribution is -2.41. The molecule has 0 fully saturated rings. The van der Waals surface area contributed by atoms with Crippen LogP contribution >= 0.6 is 0 Å². The van der Waals surface area contributed by atoms with E-state index >= 15 is 0 Å². The summed E-state index contributed by atoms with van der Waals surface area (Å²) in [6, 6.07) is 12.8. The van der Waals surface area contributed by atoms with E-state index in [-0.39, 0.29) is 12.0 Å². The lowest BCUT2D eigenvalue weighted by molar-refractivity contribution is -0.122. The van der Waals surface area contributed by atoms with Crippen LogP contribution in [0.2, 0.25) is 0 Å². The van der Waals surface area contributed by atoms with Crippen molar-refractivity contribution in [3.63, 3.8) is 0 Å². The van der Waals surface area contributed by atoms with E-state index in [1.54, 1.807) is 6.07 Å². The number of hydrogen-bond donors (Lipinski definition) is 2. The molecule has 2 N–H and O–H groups in total. The number of rotatable bonds is 8. The first-order valence-electron chi connectivity index (χ1n) is 8.30. The van der Waals surface area contributed by atoms with Crippen LogP contribution in [0.25, 0.3) is 0 Å². The summed E-state index contributed by atoms with van der Waals surface area (Å²) in [6.07, 6.45) is 0.593. The Labute approximate surface area is 151 Å². The van der Waals surface area contributed by atoms with Crippen LogP contribution in [0.5, 0.6) is 11.5 Å². The summed E-state index contributed by atoms with van der Waals surface area (Å²) in [4.78, 5) is 23.5. The van der Waals surface area contributed by atoms with E-state index < -0.39 is 17.6 Å². The third-order valence-corrected chi connectivity index (χ3v) is 3.39. The normalized spacial score (nSPS) is 10.1. The fourth-order valence-corrected chi connectivity index (χ4v) is 2.16. The molecule has 0 atom stereocenters. The Hall–Kier alpha value is -3.09. The maximum Gasteiger partial charge on any atom is 0.272 e. The first-order chi connectivity index (χ1) is 12.6. The van der Waals surface area contributed by atoms with Gasteiger partial charge < -0.3 is 9.47 Å². The van der Waals surface area contributed by atoms with Gasteiger partial charge in [0.2, 0.25) is 5.91 Å². The van der Waals surface area contributed by atoms with Gasteiger partial charge in [-0.3, -0.25) is 20.4 Å². The van der Waals surface area contributed by atoms with E-state index in [0.29, 0.717) is 31.1 Å². The molecule has 0 bridgehead atoms. The quantitative estimate of drug-likeness (QED) is 0.561. The summed E-state index contributed by atoms with van der Waals surface area (Å²) in [7, 11) is 0. The van der Waals surface area contributed by atoms with Gasteiger partial charge >= 0.3 is 0 Å². The first-order valence-corrected chi connectivity index (χ1v) is 8.30. The number of hydrogen-bond acceptors (Lipinski definition) is 4. The Morgan fingerprint density at radius 2 is 1.62 bits per heavy atom. The largest absolute Gasteiger partial charge is 0.490 e. The Morgan fingerprint density at radius 3 is 2.31 bits per heavy atom. The SMILES string of the molecule is CCOc1ccccc1OCCCC(=O)NNC(=O)c1ccccc1F. The van der Waals surface area contributed by atoms with E-state index in [2.05, 4.69) is 10.9 Å². The molecule has 2 rings (SSSR count). The van der Waals surface area contributed by atoms with E-state index in [9.17, 15) is 14.0 Å². The molecule has 2 aromatic rings. The maximum absolute atomic E-state index is 13.5. The highest BCUT2D eigenvalue weighted by atomic mass is 19.1. The molecule has 0 spiro atoms. The van der Waals surface area contributed by atoms with Gasteiger partial charge in [0.25, 0.3) is 5.91 Å². The van der Waals surface area contributed by atoms with E-state index in [1.807, 2.05) is 25.1 Å². The number of ether oxygens (including phenoxy) is 2. The molecule has 0 unspecified atom stereocenters. The van der Waals surface area contributed by atoms with Crippen LogP contribution < -0.4 is 20.3 Å². The van der Waals surface area contributed by atoms with Gasteiger partial charge in [-0.15, -0.1) is 0 Å². The van der Waals surface area contributed by atoms with Gasteiger partial charge in [0, 0.05) is 6.42 Å². The fraction of sp³-hybridized carbons (Fsp3) is 0.263. The zero-order valence-corrected chi connectivity index (χ0v) is 14.5.